The molecule has 0 radical (unpaired) electrons. The first-order valence-electron chi connectivity index (χ1n) is 9.40. The van der Waals surface area contributed by atoms with Crippen molar-refractivity contribution < 1.29 is 4.79 Å². The molecular weight excluding hydrogens is 366 g/mol. The van der Waals surface area contributed by atoms with Crippen LogP contribution in [0.3, 0.4) is 0 Å². The van der Waals surface area contributed by atoms with Crippen LogP contribution in [-0.4, -0.2) is 28.6 Å². The minimum Gasteiger partial charge on any atom is -0.322 e. The summed E-state index contributed by atoms with van der Waals surface area (Å²) in [6, 6.07) is 18.5. The summed E-state index contributed by atoms with van der Waals surface area (Å²) in [5.41, 5.74) is 5.45. The number of nitrogens with zero attached hydrogens (tertiary/aromatic N) is 2. The third-order valence-corrected chi connectivity index (χ3v) is 5.81. The van der Waals surface area contributed by atoms with Crippen molar-refractivity contribution in [1.29, 1.82) is 0 Å². The monoisotopic (exact) mass is 389 g/mol. The lowest BCUT2D eigenvalue weighted by molar-refractivity contribution is 0.102. The first-order chi connectivity index (χ1) is 13.7. The maximum atomic E-state index is 12.4. The summed E-state index contributed by atoms with van der Waals surface area (Å²) in [4.78, 5) is 20.1. The van der Waals surface area contributed by atoms with E-state index in [4.69, 9.17) is 0 Å². The van der Waals surface area contributed by atoms with E-state index in [-0.39, 0.29) is 5.91 Å². The van der Waals surface area contributed by atoms with Gasteiger partial charge in [0.1, 0.15) is 0 Å². The molecule has 4 nitrogen and oxygen atoms in total. The number of fused-ring (bicyclic) bond motifs is 1. The van der Waals surface area contributed by atoms with Gasteiger partial charge in [-0.05, 0) is 65.8 Å². The number of pyridine rings is 1. The Bertz CT molecular complexity index is 957. The molecule has 0 fully saturated rings. The largest absolute Gasteiger partial charge is 0.322 e. The van der Waals surface area contributed by atoms with E-state index in [1.807, 2.05) is 6.07 Å². The summed E-state index contributed by atoms with van der Waals surface area (Å²) >= 11 is 1.77. The Morgan fingerprint density at radius 2 is 1.86 bits per heavy atom. The van der Waals surface area contributed by atoms with E-state index in [9.17, 15) is 4.79 Å². The van der Waals surface area contributed by atoms with Gasteiger partial charge in [-0.2, -0.15) is 0 Å². The fourth-order valence-corrected chi connectivity index (χ4v) is 3.93. The highest BCUT2D eigenvalue weighted by Gasteiger charge is 2.17. The highest BCUT2D eigenvalue weighted by atomic mass is 32.2. The zero-order valence-electron chi connectivity index (χ0n) is 15.9. The van der Waals surface area contributed by atoms with Gasteiger partial charge >= 0.3 is 0 Å². The molecule has 2 heterocycles. The standard InChI is InChI=1S/C23H23N3OS/c1-28-22-6-2-17(3-7-22)15-26-13-10-18-4-5-21(14-20(18)16-26)25-23(27)19-8-11-24-12-9-19/h2-9,11-12,14H,10,13,15-16H2,1H3,(H,25,27). The number of hydrogen-bond acceptors (Lipinski definition) is 4. The first-order valence-corrected chi connectivity index (χ1v) is 10.6. The molecule has 0 saturated carbocycles. The van der Waals surface area contributed by atoms with Crippen LogP contribution in [0.25, 0.3) is 0 Å². The smallest absolute Gasteiger partial charge is 0.255 e. The summed E-state index contributed by atoms with van der Waals surface area (Å²) in [5, 5.41) is 3.00. The molecule has 2 aromatic carbocycles. The van der Waals surface area contributed by atoms with Gasteiger partial charge in [0.25, 0.3) is 5.91 Å². The van der Waals surface area contributed by atoms with E-state index in [1.165, 1.54) is 21.6 Å². The third-order valence-electron chi connectivity index (χ3n) is 5.06. The van der Waals surface area contributed by atoms with Crippen LogP contribution in [0.2, 0.25) is 0 Å². The summed E-state index contributed by atoms with van der Waals surface area (Å²) in [6.45, 7) is 2.90. The molecule has 0 bridgehead atoms. The predicted octanol–water partition coefficient (Wildman–Crippen LogP) is 4.61. The molecule has 3 aromatic rings. The molecular formula is C23H23N3OS. The Labute approximate surface area is 170 Å². The molecule has 0 saturated heterocycles. The second-order valence-electron chi connectivity index (χ2n) is 6.98. The number of nitrogens with one attached hydrogen (secondary N) is 1. The van der Waals surface area contributed by atoms with E-state index < -0.39 is 0 Å². The minimum absolute atomic E-state index is 0.108. The van der Waals surface area contributed by atoms with Gasteiger partial charge in [0, 0.05) is 48.2 Å². The maximum Gasteiger partial charge on any atom is 0.255 e. The van der Waals surface area contributed by atoms with Gasteiger partial charge in [-0.25, -0.2) is 0 Å². The van der Waals surface area contributed by atoms with Crippen LogP contribution in [-0.2, 0) is 19.5 Å². The van der Waals surface area contributed by atoms with Gasteiger partial charge in [0.2, 0.25) is 0 Å². The van der Waals surface area contributed by atoms with Crippen molar-refractivity contribution in [2.75, 3.05) is 18.1 Å². The van der Waals surface area contributed by atoms with Crippen LogP contribution >= 0.6 is 11.8 Å². The lowest BCUT2D eigenvalue weighted by Crippen LogP contribution is -2.30. The number of rotatable bonds is 5. The Balaban J connectivity index is 1.44. The number of thioether (sulfide) groups is 1. The summed E-state index contributed by atoms with van der Waals surface area (Å²) in [5.74, 6) is -0.108. The van der Waals surface area contributed by atoms with E-state index in [0.717, 1.165) is 31.7 Å². The molecule has 0 unspecified atom stereocenters. The van der Waals surface area contributed by atoms with E-state index >= 15 is 0 Å². The topological polar surface area (TPSA) is 45.2 Å². The number of aromatic nitrogens is 1. The van der Waals surface area contributed by atoms with Crippen molar-refractivity contribution in [3.8, 4) is 0 Å². The van der Waals surface area contributed by atoms with Gasteiger partial charge in [-0.3, -0.25) is 14.7 Å². The van der Waals surface area contributed by atoms with Crippen molar-refractivity contribution >= 4 is 23.4 Å². The van der Waals surface area contributed by atoms with Gasteiger partial charge in [0.15, 0.2) is 0 Å². The molecule has 142 valence electrons. The van der Waals surface area contributed by atoms with Crippen LogP contribution in [0.5, 0.6) is 0 Å². The Morgan fingerprint density at radius 3 is 2.61 bits per heavy atom. The number of carbonyl (C=O) groups is 1. The summed E-state index contributed by atoms with van der Waals surface area (Å²) in [6.07, 6.45) is 6.40. The van der Waals surface area contributed by atoms with Crippen molar-refractivity contribution in [2.24, 2.45) is 0 Å². The summed E-state index contributed by atoms with van der Waals surface area (Å²) in [7, 11) is 0. The van der Waals surface area contributed by atoms with Crippen LogP contribution in [0.15, 0.2) is 71.9 Å². The minimum atomic E-state index is -0.108. The molecule has 1 aliphatic heterocycles. The molecule has 5 heteroatoms. The van der Waals surface area contributed by atoms with Gasteiger partial charge in [0.05, 0.1) is 0 Å². The molecule has 0 spiro atoms. The molecule has 1 aliphatic rings. The second kappa shape index (κ2) is 8.59. The van der Waals surface area contributed by atoms with Gasteiger partial charge < -0.3 is 5.32 Å². The Kier molecular flexibility index (Phi) is 5.74. The van der Waals surface area contributed by atoms with E-state index in [2.05, 4.69) is 57.9 Å². The van der Waals surface area contributed by atoms with Crippen molar-refractivity contribution in [2.45, 2.75) is 24.4 Å². The van der Waals surface area contributed by atoms with Crippen molar-refractivity contribution in [3.05, 3.63) is 89.2 Å². The van der Waals surface area contributed by atoms with E-state index in [1.54, 1.807) is 36.3 Å². The Hall–Kier alpha value is -2.63. The first kappa shape index (κ1) is 18.7. The predicted molar refractivity (Wildman–Crippen MR) is 115 cm³/mol. The normalized spacial score (nSPS) is 13.8. The highest BCUT2D eigenvalue weighted by Crippen LogP contribution is 2.25. The lowest BCUT2D eigenvalue weighted by Gasteiger charge is -2.29. The number of anilines is 1. The van der Waals surface area contributed by atoms with Crippen LogP contribution < -0.4 is 5.32 Å². The molecule has 4 rings (SSSR count). The number of hydrogen-bond donors (Lipinski definition) is 1. The Morgan fingerprint density at radius 1 is 1.07 bits per heavy atom. The zero-order valence-corrected chi connectivity index (χ0v) is 16.7. The SMILES string of the molecule is CSc1ccc(CN2CCc3ccc(NC(=O)c4ccncc4)cc3C2)cc1. The average molecular weight is 390 g/mol. The molecule has 0 atom stereocenters. The van der Waals surface area contributed by atoms with E-state index in [0.29, 0.717) is 5.56 Å². The molecule has 1 N–H and O–H groups in total. The fourth-order valence-electron chi connectivity index (χ4n) is 3.52. The molecule has 28 heavy (non-hydrogen) atoms. The third kappa shape index (κ3) is 4.43. The van der Waals surface area contributed by atoms with Crippen molar-refractivity contribution in [1.82, 2.24) is 9.88 Å². The average Bonchev–Trinajstić information content (AvgIpc) is 2.74. The van der Waals surface area contributed by atoms with Crippen LogP contribution in [0, 0.1) is 0 Å². The number of amides is 1. The van der Waals surface area contributed by atoms with Crippen molar-refractivity contribution in [3.63, 3.8) is 0 Å². The fraction of sp³-hybridized carbons (Fsp3) is 0.217. The quantitative estimate of drug-likeness (QED) is 0.647. The zero-order chi connectivity index (χ0) is 19.3. The second-order valence-corrected chi connectivity index (χ2v) is 7.86. The number of benzene rings is 2. The number of carbonyl (C=O) groups excluding carboxylic acids is 1. The van der Waals surface area contributed by atoms with Crippen LogP contribution in [0.1, 0.15) is 27.0 Å². The molecule has 0 aliphatic carbocycles. The van der Waals surface area contributed by atoms with Crippen LogP contribution in [0.4, 0.5) is 5.69 Å². The lowest BCUT2D eigenvalue weighted by atomic mass is 9.98. The maximum absolute atomic E-state index is 12.4. The van der Waals surface area contributed by atoms with Gasteiger partial charge in [-0.1, -0.05) is 18.2 Å². The highest BCUT2D eigenvalue weighted by molar-refractivity contribution is 7.98. The molecule has 1 amide bonds. The molecule has 1 aromatic heterocycles. The summed E-state index contributed by atoms with van der Waals surface area (Å²) < 4.78 is 0. The van der Waals surface area contributed by atoms with Gasteiger partial charge in [-0.15, -0.1) is 11.8 Å².